The predicted molar refractivity (Wildman–Crippen MR) is 153 cm³/mol. The number of carbonyl (C=O) groups is 8. The molecule has 5 amide bonds. The van der Waals surface area contributed by atoms with Crippen LogP contribution in [0.3, 0.4) is 0 Å². The van der Waals surface area contributed by atoms with Crippen molar-refractivity contribution >= 4 is 47.4 Å². The molecule has 0 fully saturated rings. The molecule has 0 bridgehead atoms. The Morgan fingerprint density at radius 1 is 0.667 bits per heavy atom. The van der Waals surface area contributed by atoms with E-state index >= 15 is 0 Å². The van der Waals surface area contributed by atoms with E-state index in [1.165, 1.54) is 13.8 Å². The highest BCUT2D eigenvalue weighted by Crippen LogP contribution is 2.05. The zero-order valence-electron chi connectivity index (χ0n) is 24.5. The Bertz CT molecular complexity index is 1240. The smallest absolute Gasteiger partial charge is 0.328 e. The minimum absolute atomic E-state index is 0.0666. The van der Waals surface area contributed by atoms with Crippen LogP contribution in [0, 0.1) is 0 Å². The highest BCUT2D eigenvalue weighted by atomic mass is 16.4. The van der Waals surface area contributed by atoms with E-state index in [1.807, 2.05) is 0 Å². The van der Waals surface area contributed by atoms with Gasteiger partial charge in [0.25, 0.3) is 0 Å². The predicted octanol–water partition coefficient (Wildman–Crippen LogP) is -3.56. The van der Waals surface area contributed by atoms with Gasteiger partial charge in [0, 0.05) is 12.8 Å². The van der Waals surface area contributed by atoms with Crippen molar-refractivity contribution in [1.29, 1.82) is 0 Å². The van der Waals surface area contributed by atoms with E-state index in [0.29, 0.717) is 5.56 Å². The molecule has 0 unspecified atom stereocenters. The molecule has 11 N–H and O–H groups in total. The maximum atomic E-state index is 12.9. The molecule has 0 radical (unpaired) electrons. The van der Waals surface area contributed by atoms with E-state index in [0.717, 1.165) is 0 Å². The van der Waals surface area contributed by atoms with Crippen LogP contribution in [0.5, 0.6) is 0 Å². The minimum atomic E-state index is -1.63. The molecule has 0 saturated carbocycles. The number of amides is 5. The third kappa shape index (κ3) is 13.8. The summed E-state index contributed by atoms with van der Waals surface area (Å²) in [6.07, 6.45) is -1.80. The van der Waals surface area contributed by atoms with Gasteiger partial charge in [-0.25, -0.2) is 4.79 Å². The van der Waals surface area contributed by atoms with Crippen LogP contribution in [0.1, 0.15) is 38.7 Å². The minimum Gasteiger partial charge on any atom is -0.481 e. The van der Waals surface area contributed by atoms with Gasteiger partial charge in [0.2, 0.25) is 29.5 Å². The number of hydrogen-bond donors (Lipinski definition) is 10. The van der Waals surface area contributed by atoms with Gasteiger partial charge < -0.3 is 52.7 Å². The molecule has 6 atom stereocenters. The lowest BCUT2D eigenvalue weighted by molar-refractivity contribution is -0.143. The second-order valence-electron chi connectivity index (χ2n) is 9.99. The molecular formula is C27H38N6O12. The summed E-state index contributed by atoms with van der Waals surface area (Å²) in [6.45, 7) is 1.60. The van der Waals surface area contributed by atoms with E-state index in [9.17, 15) is 43.5 Å². The molecule has 0 aromatic heterocycles. The van der Waals surface area contributed by atoms with Crippen LogP contribution in [0.4, 0.5) is 0 Å². The molecule has 0 heterocycles. The van der Waals surface area contributed by atoms with Crippen LogP contribution in [0.25, 0.3) is 0 Å². The van der Waals surface area contributed by atoms with E-state index in [4.69, 9.17) is 21.1 Å². The van der Waals surface area contributed by atoms with Crippen LogP contribution in [-0.2, 0) is 44.8 Å². The number of carboxylic acids is 3. The molecule has 1 aromatic carbocycles. The Labute approximate surface area is 257 Å². The van der Waals surface area contributed by atoms with Crippen molar-refractivity contribution in [3.05, 3.63) is 35.9 Å². The molecule has 45 heavy (non-hydrogen) atoms. The molecule has 18 nitrogen and oxygen atoms in total. The first-order valence-corrected chi connectivity index (χ1v) is 13.6. The van der Waals surface area contributed by atoms with Crippen molar-refractivity contribution in [2.24, 2.45) is 5.73 Å². The highest BCUT2D eigenvalue weighted by Gasteiger charge is 2.31. The zero-order valence-corrected chi connectivity index (χ0v) is 24.5. The van der Waals surface area contributed by atoms with Gasteiger partial charge in [-0.1, -0.05) is 30.3 Å². The van der Waals surface area contributed by atoms with E-state index in [1.54, 1.807) is 30.3 Å². The van der Waals surface area contributed by atoms with Gasteiger partial charge in [-0.05, 0) is 25.8 Å². The summed E-state index contributed by atoms with van der Waals surface area (Å²) >= 11 is 0. The van der Waals surface area contributed by atoms with Crippen molar-refractivity contribution in [1.82, 2.24) is 26.6 Å². The molecule has 18 heteroatoms. The fourth-order valence-electron chi connectivity index (χ4n) is 3.69. The number of carboxylic acid groups (broad SMARTS) is 3. The topological polar surface area (TPSA) is 304 Å². The summed E-state index contributed by atoms with van der Waals surface area (Å²) in [6, 6.07) is -0.171. The SMILES string of the molecule is C[C@H](NC(=O)[C@H](C)NC(=O)[C@H](CCC(=O)O)NC(=O)[C@@H](N)CC(=O)O)C(=O)N[C@@H](Cc1ccccc1)C(=O)N[C@@H](CO)C(=O)O. The Morgan fingerprint density at radius 2 is 1.16 bits per heavy atom. The largest absolute Gasteiger partial charge is 0.481 e. The fourth-order valence-corrected chi connectivity index (χ4v) is 3.69. The van der Waals surface area contributed by atoms with E-state index < -0.39 is 110 Å². The van der Waals surface area contributed by atoms with Crippen molar-refractivity contribution in [3.63, 3.8) is 0 Å². The van der Waals surface area contributed by atoms with Crippen molar-refractivity contribution < 1.29 is 58.8 Å². The van der Waals surface area contributed by atoms with Gasteiger partial charge in [0.05, 0.1) is 19.1 Å². The first-order valence-electron chi connectivity index (χ1n) is 13.6. The monoisotopic (exact) mass is 638 g/mol. The van der Waals surface area contributed by atoms with E-state index in [-0.39, 0.29) is 6.42 Å². The van der Waals surface area contributed by atoms with Crippen molar-refractivity contribution in [2.45, 2.75) is 75.8 Å². The molecule has 0 saturated heterocycles. The Morgan fingerprint density at radius 3 is 1.67 bits per heavy atom. The molecule has 1 aromatic rings. The molecule has 1 rings (SSSR count). The van der Waals surface area contributed by atoms with Crippen molar-refractivity contribution in [2.75, 3.05) is 6.61 Å². The first kappa shape index (κ1) is 37.9. The first-order chi connectivity index (χ1) is 21.0. The lowest BCUT2D eigenvalue weighted by Gasteiger charge is -2.24. The summed E-state index contributed by atoms with van der Waals surface area (Å²) in [5, 5.41) is 47.5. The Balaban J connectivity index is 2.92. The number of aliphatic carboxylic acids is 3. The lowest BCUT2D eigenvalue weighted by Crippen LogP contribution is -2.58. The lowest BCUT2D eigenvalue weighted by atomic mass is 10.0. The van der Waals surface area contributed by atoms with Gasteiger partial charge >= 0.3 is 17.9 Å². The maximum Gasteiger partial charge on any atom is 0.328 e. The third-order valence-corrected chi connectivity index (χ3v) is 6.23. The second-order valence-corrected chi connectivity index (χ2v) is 9.99. The Hall–Kier alpha value is -5.10. The van der Waals surface area contributed by atoms with Crippen molar-refractivity contribution in [3.8, 4) is 0 Å². The van der Waals surface area contributed by atoms with Gasteiger partial charge in [0.15, 0.2) is 0 Å². The number of hydrogen-bond acceptors (Lipinski definition) is 10. The number of carbonyl (C=O) groups excluding carboxylic acids is 5. The highest BCUT2D eigenvalue weighted by molar-refractivity contribution is 5.96. The molecular weight excluding hydrogens is 600 g/mol. The normalized spacial score (nSPS) is 14.7. The summed E-state index contributed by atoms with van der Waals surface area (Å²) in [5.41, 5.74) is 6.10. The Kier molecular flexibility index (Phi) is 15.6. The van der Waals surface area contributed by atoms with Crippen LogP contribution in [0.2, 0.25) is 0 Å². The maximum absolute atomic E-state index is 12.9. The molecule has 0 aliphatic heterocycles. The summed E-state index contributed by atoms with van der Waals surface area (Å²) < 4.78 is 0. The van der Waals surface area contributed by atoms with Gasteiger partial charge in [-0.3, -0.25) is 33.6 Å². The molecule has 0 aliphatic carbocycles. The fraction of sp³-hybridized carbons (Fsp3) is 0.481. The number of aliphatic hydroxyl groups is 1. The standard InChI is InChI=1S/C27H38N6O12/c1-13(30-25(42)17(8-9-20(35)36)31-24(41)16(28)11-21(37)38)22(39)29-14(2)23(40)32-18(10-15-6-4-3-5-7-15)26(43)33-19(12-34)27(44)45/h3-7,13-14,16-19,34H,8-12,28H2,1-2H3,(H,29,39)(H,30,42)(H,31,41)(H,32,40)(H,33,43)(H,35,36)(H,37,38)(H,44,45)/t13-,14-,16-,17-,18-,19-/m0/s1. The number of nitrogens with one attached hydrogen (secondary N) is 5. The van der Waals surface area contributed by atoms with Crippen LogP contribution in [-0.4, -0.2) is 111 Å². The average Bonchev–Trinajstić information content (AvgIpc) is 2.96. The van der Waals surface area contributed by atoms with E-state index in [2.05, 4.69) is 26.6 Å². The summed E-state index contributed by atoms with van der Waals surface area (Å²) in [4.78, 5) is 96.6. The number of benzene rings is 1. The average molecular weight is 639 g/mol. The van der Waals surface area contributed by atoms with Crippen LogP contribution in [0.15, 0.2) is 30.3 Å². The van der Waals surface area contributed by atoms with Gasteiger partial charge in [-0.2, -0.15) is 0 Å². The number of rotatable bonds is 19. The summed E-state index contributed by atoms with van der Waals surface area (Å²) in [7, 11) is 0. The van der Waals surface area contributed by atoms with Crippen LogP contribution < -0.4 is 32.3 Å². The van der Waals surface area contributed by atoms with Gasteiger partial charge in [0.1, 0.15) is 30.2 Å². The molecule has 0 spiro atoms. The third-order valence-electron chi connectivity index (χ3n) is 6.23. The van der Waals surface area contributed by atoms with Crippen LogP contribution >= 0.6 is 0 Å². The van der Waals surface area contributed by atoms with Gasteiger partial charge in [-0.15, -0.1) is 0 Å². The summed E-state index contributed by atoms with van der Waals surface area (Å²) in [5.74, 6) is -8.84. The number of nitrogens with two attached hydrogens (primary N) is 1. The molecule has 0 aliphatic rings. The zero-order chi connectivity index (χ0) is 34.3. The quantitative estimate of drug-likeness (QED) is 0.0702. The second kappa shape index (κ2) is 18.5. The molecule has 248 valence electrons. The number of aliphatic hydroxyl groups excluding tert-OH is 1.